The van der Waals surface area contributed by atoms with Crippen LogP contribution in [0.25, 0.3) is 16.9 Å². The first kappa shape index (κ1) is 21.2. The number of halogens is 2. The molecule has 0 fully saturated rings. The van der Waals surface area contributed by atoms with E-state index in [4.69, 9.17) is 5.73 Å². The second kappa shape index (κ2) is 8.87. The molecule has 0 aliphatic carbocycles. The Morgan fingerprint density at radius 2 is 2.13 bits per heavy atom. The molecule has 0 aliphatic heterocycles. The number of anilines is 1. The number of pyridine rings is 2. The first-order chi connectivity index (χ1) is 14.3. The maximum absolute atomic E-state index is 14.2. The summed E-state index contributed by atoms with van der Waals surface area (Å²) in [6, 6.07) is 7.70. The molecular weight excluding hydrogens is 411 g/mol. The average Bonchev–Trinajstić information content (AvgIpc) is 3.19. The number of nitrogens with one attached hydrogen (secondary N) is 1. The molecule has 11 heteroatoms. The molecule has 0 aliphatic rings. The number of aliphatic imine (C=N–C) groups is 1. The van der Waals surface area contributed by atoms with Crippen molar-refractivity contribution in [3.05, 3.63) is 66.4 Å². The number of alkyl halides is 2. The van der Waals surface area contributed by atoms with E-state index in [2.05, 4.69) is 25.4 Å². The summed E-state index contributed by atoms with van der Waals surface area (Å²) in [5.41, 5.74) is 3.23. The molecule has 3 aromatic rings. The summed E-state index contributed by atoms with van der Waals surface area (Å²) < 4.78 is 29.4. The van der Waals surface area contributed by atoms with E-state index < -0.39 is 11.6 Å². The number of carbonyl (C=O) groups is 1. The molecule has 0 spiro atoms. The normalized spacial score (nSPS) is 12.3. The van der Waals surface area contributed by atoms with Gasteiger partial charge in [-0.25, -0.2) is 9.67 Å². The molecule has 0 bridgehead atoms. The number of hydrogen-bond donors (Lipinski definition) is 2. The van der Waals surface area contributed by atoms with Crippen molar-refractivity contribution in [1.29, 1.82) is 0 Å². The largest absolute Gasteiger partial charge is 0.404 e. The average molecular weight is 429 g/mol. The molecule has 0 radical (unpaired) electrons. The van der Waals surface area contributed by atoms with Crippen molar-refractivity contribution in [3.63, 3.8) is 0 Å². The second-order valence-electron chi connectivity index (χ2n) is 6.06. The van der Waals surface area contributed by atoms with Crippen molar-refractivity contribution in [2.24, 2.45) is 10.7 Å². The van der Waals surface area contributed by atoms with Gasteiger partial charge >= 0.3 is 0 Å². The smallest absolute Gasteiger partial charge is 0.300 e. The van der Waals surface area contributed by atoms with Crippen LogP contribution in [-0.2, 0) is 10.5 Å². The molecule has 3 rings (SSSR count). The Labute approximate surface area is 173 Å². The SMILES string of the molecule is CN=C/C(=C\N)C(=O)Nc1ccc(-n2nc(-c3cccnc3)cc2C(F)(F)P)cn1. The van der Waals surface area contributed by atoms with Gasteiger partial charge in [-0.15, -0.1) is 0 Å². The first-order valence-corrected chi connectivity index (χ1v) is 9.20. The maximum atomic E-state index is 14.2. The van der Waals surface area contributed by atoms with Crippen LogP contribution in [0.4, 0.5) is 14.6 Å². The highest BCUT2D eigenvalue weighted by Gasteiger charge is 2.31. The number of amides is 1. The molecule has 0 saturated carbocycles. The zero-order chi connectivity index (χ0) is 21.7. The van der Waals surface area contributed by atoms with E-state index in [1.54, 1.807) is 18.3 Å². The van der Waals surface area contributed by atoms with Gasteiger partial charge < -0.3 is 11.1 Å². The Morgan fingerprint density at radius 3 is 2.70 bits per heavy atom. The summed E-state index contributed by atoms with van der Waals surface area (Å²) >= 11 is 0. The molecule has 3 heterocycles. The topological polar surface area (TPSA) is 111 Å². The standard InChI is InChI=1S/C19H18F2N7OP/c1-23-9-13(8-22)18(29)26-17-5-4-14(11-25-17)28-16(19(20,21)30)7-15(27-28)12-3-2-6-24-10-12/h2-11H,22,30H2,1H3,(H,25,26,29)/b13-8+,23-9?. The zero-order valence-electron chi connectivity index (χ0n) is 15.8. The van der Waals surface area contributed by atoms with Gasteiger partial charge in [-0.1, -0.05) is 9.24 Å². The molecule has 3 aromatic heterocycles. The molecule has 154 valence electrons. The Hall–Kier alpha value is -3.52. The predicted molar refractivity (Wildman–Crippen MR) is 114 cm³/mol. The van der Waals surface area contributed by atoms with Crippen LogP contribution >= 0.6 is 9.24 Å². The molecule has 0 saturated heterocycles. The van der Waals surface area contributed by atoms with Crippen molar-refractivity contribution >= 4 is 27.2 Å². The van der Waals surface area contributed by atoms with E-state index in [9.17, 15) is 13.6 Å². The minimum Gasteiger partial charge on any atom is -0.404 e. The highest BCUT2D eigenvalue weighted by Crippen LogP contribution is 2.37. The third kappa shape index (κ3) is 4.72. The van der Waals surface area contributed by atoms with Gasteiger partial charge in [0.2, 0.25) is 0 Å². The summed E-state index contributed by atoms with van der Waals surface area (Å²) in [7, 11) is 3.01. The third-order valence-corrected chi connectivity index (χ3v) is 4.25. The van der Waals surface area contributed by atoms with Crippen molar-refractivity contribution in [1.82, 2.24) is 19.7 Å². The van der Waals surface area contributed by atoms with E-state index in [-0.39, 0.29) is 17.1 Å². The van der Waals surface area contributed by atoms with Crippen LogP contribution in [0.15, 0.2) is 65.7 Å². The molecule has 1 amide bonds. The highest BCUT2D eigenvalue weighted by atomic mass is 31.0. The number of nitrogens with two attached hydrogens (primary N) is 1. The number of aromatic nitrogens is 4. The van der Waals surface area contributed by atoms with Crippen LogP contribution in [0.1, 0.15) is 5.69 Å². The third-order valence-electron chi connectivity index (χ3n) is 3.95. The highest BCUT2D eigenvalue weighted by molar-refractivity contribution is 7.17. The second-order valence-corrected chi connectivity index (χ2v) is 6.78. The number of carbonyl (C=O) groups excluding carboxylic acids is 1. The van der Waals surface area contributed by atoms with Crippen molar-refractivity contribution < 1.29 is 13.6 Å². The Kier molecular flexibility index (Phi) is 6.27. The van der Waals surface area contributed by atoms with Gasteiger partial charge in [0.05, 0.1) is 23.2 Å². The molecule has 1 atom stereocenters. The molecule has 30 heavy (non-hydrogen) atoms. The molecule has 3 N–H and O–H groups in total. The van der Waals surface area contributed by atoms with Crippen molar-refractivity contribution in [3.8, 4) is 16.9 Å². The van der Waals surface area contributed by atoms with Crippen molar-refractivity contribution in [2.75, 3.05) is 12.4 Å². The van der Waals surface area contributed by atoms with Crippen LogP contribution < -0.4 is 11.1 Å². The van der Waals surface area contributed by atoms with Gasteiger partial charge in [0.1, 0.15) is 11.5 Å². The number of rotatable bonds is 6. The van der Waals surface area contributed by atoms with Gasteiger partial charge in [0.15, 0.2) is 0 Å². The molecule has 1 unspecified atom stereocenters. The Morgan fingerprint density at radius 1 is 1.33 bits per heavy atom. The van der Waals surface area contributed by atoms with E-state index in [0.717, 1.165) is 10.9 Å². The van der Waals surface area contributed by atoms with Gasteiger partial charge in [0, 0.05) is 37.4 Å². The quantitative estimate of drug-likeness (QED) is 0.356. The number of hydrogen-bond acceptors (Lipinski definition) is 6. The summed E-state index contributed by atoms with van der Waals surface area (Å²) in [5.74, 6) is -0.287. The maximum Gasteiger partial charge on any atom is 0.300 e. The van der Waals surface area contributed by atoms with E-state index >= 15 is 0 Å². The minimum absolute atomic E-state index is 0.154. The summed E-state index contributed by atoms with van der Waals surface area (Å²) in [5, 5.41) is 6.84. The van der Waals surface area contributed by atoms with Crippen LogP contribution in [-0.4, -0.2) is 38.9 Å². The first-order valence-electron chi connectivity index (χ1n) is 8.63. The van der Waals surface area contributed by atoms with Crippen LogP contribution in [0.5, 0.6) is 0 Å². The van der Waals surface area contributed by atoms with Crippen LogP contribution in [0.2, 0.25) is 0 Å². The lowest BCUT2D eigenvalue weighted by atomic mass is 10.2. The lowest BCUT2D eigenvalue weighted by molar-refractivity contribution is -0.112. The lowest BCUT2D eigenvalue weighted by Crippen LogP contribution is -2.17. The lowest BCUT2D eigenvalue weighted by Gasteiger charge is -2.13. The van der Waals surface area contributed by atoms with Crippen molar-refractivity contribution in [2.45, 2.75) is 5.66 Å². The molecule has 0 aromatic carbocycles. The van der Waals surface area contributed by atoms with Gasteiger partial charge in [-0.2, -0.15) is 13.9 Å². The minimum atomic E-state index is -3.22. The Balaban J connectivity index is 1.92. The van der Waals surface area contributed by atoms with Gasteiger partial charge in [-0.3, -0.25) is 14.8 Å². The fourth-order valence-corrected chi connectivity index (χ4v) is 2.77. The number of nitrogens with zero attached hydrogens (tertiary/aromatic N) is 5. The predicted octanol–water partition coefficient (Wildman–Crippen LogP) is 2.74. The summed E-state index contributed by atoms with van der Waals surface area (Å²) in [6.45, 7) is 0. The Bertz CT molecular complexity index is 1090. The monoisotopic (exact) mass is 429 g/mol. The van der Waals surface area contributed by atoms with Gasteiger partial charge in [0.25, 0.3) is 11.6 Å². The zero-order valence-corrected chi connectivity index (χ0v) is 17.0. The van der Waals surface area contributed by atoms with Crippen LogP contribution in [0.3, 0.4) is 0 Å². The van der Waals surface area contributed by atoms with Crippen LogP contribution in [0, 0.1) is 0 Å². The van der Waals surface area contributed by atoms with E-state index in [1.165, 1.54) is 53.1 Å². The molecular formula is C19H18F2N7OP. The van der Waals surface area contributed by atoms with E-state index in [0.29, 0.717) is 16.9 Å². The fourth-order valence-electron chi connectivity index (χ4n) is 2.56. The summed E-state index contributed by atoms with van der Waals surface area (Å²) in [6.07, 6.45) is 6.88. The molecule has 8 nitrogen and oxygen atoms in total. The van der Waals surface area contributed by atoms with E-state index in [1.807, 2.05) is 0 Å². The summed E-state index contributed by atoms with van der Waals surface area (Å²) in [4.78, 5) is 24.0. The van der Waals surface area contributed by atoms with Gasteiger partial charge in [-0.05, 0) is 30.3 Å². The fraction of sp³-hybridized carbons (Fsp3) is 0.105.